The Bertz CT molecular complexity index is 439. The summed E-state index contributed by atoms with van der Waals surface area (Å²) in [5.41, 5.74) is 2.77. The second-order valence-electron chi connectivity index (χ2n) is 6.04. The van der Waals surface area contributed by atoms with Crippen LogP contribution in [-0.2, 0) is 13.0 Å². The molecule has 20 heavy (non-hydrogen) atoms. The Morgan fingerprint density at radius 1 is 1.30 bits per heavy atom. The molecule has 3 rings (SSSR count). The van der Waals surface area contributed by atoms with Crippen molar-refractivity contribution in [2.75, 3.05) is 26.2 Å². The molecule has 0 radical (unpaired) electrons. The molecule has 0 aliphatic carbocycles. The van der Waals surface area contributed by atoms with Gasteiger partial charge in [-0.2, -0.15) is 0 Å². The van der Waals surface area contributed by atoms with Gasteiger partial charge in [-0.1, -0.05) is 19.1 Å². The first-order valence-electron chi connectivity index (χ1n) is 8.05. The van der Waals surface area contributed by atoms with E-state index in [1.54, 1.807) is 0 Å². The summed E-state index contributed by atoms with van der Waals surface area (Å²) in [6.45, 7) is 7.88. The highest BCUT2D eigenvalue weighted by molar-refractivity contribution is 5.39. The fraction of sp³-hybridized carbons (Fsp3) is 0.647. The van der Waals surface area contributed by atoms with Crippen LogP contribution >= 0.6 is 0 Å². The number of nitrogens with zero attached hydrogens (tertiary/aromatic N) is 1. The smallest absolute Gasteiger partial charge is 0.122 e. The first-order valence-corrected chi connectivity index (χ1v) is 8.05. The van der Waals surface area contributed by atoms with Crippen LogP contribution in [0.15, 0.2) is 18.2 Å². The minimum atomic E-state index is 0.688. The van der Waals surface area contributed by atoms with Crippen LogP contribution < -0.4 is 10.1 Å². The van der Waals surface area contributed by atoms with Crippen LogP contribution in [0.3, 0.4) is 0 Å². The number of piperidine rings is 1. The Hall–Kier alpha value is -1.06. The molecular formula is C17H26N2O. The molecular weight excluding hydrogens is 248 g/mol. The third kappa shape index (κ3) is 3.33. The van der Waals surface area contributed by atoms with Gasteiger partial charge in [0.05, 0.1) is 6.61 Å². The van der Waals surface area contributed by atoms with E-state index in [9.17, 15) is 0 Å². The predicted molar refractivity (Wildman–Crippen MR) is 82.2 cm³/mol. The topological polar surface area (TPSA) is 24.5 Å². The molecule has 2 aliphatic heterocycles. The lowest BCUT2D eigenvalue weighted by Gasteiger charge is -2.32. The van der Waals surface area contributed by atoms with Crippen LogP contribution in [0.4, 0.5) is 0 Å². The van der Waals surface area contributed by atoms with Crippen LogP contribution in [0.5, 0.6) is 5.75 Å². The van der Waals surface area contributed by atoms with Crippen molar-refractivity contribution in [3.05, 3.63) is 29.3 Å². The molecule has 1 fully saturated rings. The number of fused-ring (bicyclic) bond motifs is 1. The second kappa shape index (κ2) is 6.59. The molecule has 2 aliphatic rings. The molecule has 2 heterocycles. The third-order valence-corrected chi connectivity index (χ3v) is 4.48. The Labute approximate surface area is 122 Å². The summed E-state index contributed by atoms with van der Waals surface area (Å²) >= 11 is 0. The van der Waals surface area contributed by atoms with Crippen molar-refractivity contribution < 1.29 is 4.74 Å². The van der Waals surface area contributed by atoms with Gasteiger partial charge in [-0.3, -0.25) is 0 Å². The Morgan fingerprint density at radius 2 is 2.15 bits per heavy atom. The fourth-order valence-corrected chi connectivity index (χ4v) is 3.29. The van der Waals surface area contributed by atoms with E-state index >= 15 is 0 Å². The number of hydrogen-bond donors (Lipinski definition) is 1. The number of nitrogens with one attached hydrogen (secondary N) is 1. The lowest BCUT2D eigenvalue weighted by atomic mass is 10.0. The van der Waals surface area contributed by atoms with E-state index in [1.807, 2.05) is 0 Å². The molecule has 110 valence electrons. The van der Waals surface area contributed by atoms with Crippen LogP contribution in [0, 0.1) is 0 Å². The van der Waals surface area contributed by atoms with E-state index in [1.165, 1.54) is 50.0 Å². The molecule has 0 unspecified atom stereocenters. The van der Waals surface area contributed by atoms with Crippen molar-refractivity contribution in [1.82, 2.24) is 10.2 Å². The van der Waals surface area contributed by atoms with Crippen LogP contribution in [0.25, 0.3) is 0 Å². The van der Waals surface area contributed by atoms with E-state index in [4.69, 9.17) is 4.74 Å². The molecule has 0 bridgehead atoms. The zero-order chi connectivity index (χ0) is 13.8. The highest BCUT2D eigenvalue weighted by Crippen LogP contribution is 2.25. The summed E-state index contributed by atoms with van der Waals surface area (Å²) in [4.78, 5) is 2.59. The van der Waals surface area contributed by atoms with E-state index in [0.717, 1.165) is 25.3 Å². The van der Waals surface area contributed by atoms with Crippen molar-refractivity contribution in [2.45, 2.75) is 45.2 Å². The zero-order valence-electron chi connectivity index (χ0n) is 12.5. The first kappa shape index (κ1) is 13.9. The number of benzene rings is 1. The minimum absolute atomic E-state index is 0.688. The lowest BCUT2D eigenvalue weighted by Crippen LogP contribution is -2.42. The Kier molecular flexibility index (Phi) is 4.58. The largest absolute Gasteiger partial charge is 0.493 e. The second-order valence-corrected chi connectivity index (χ2v) is 6.04. The summed E-state index contributed by atoms with van der Waals surface area (Å²) in [6.07, 6.45) is 4.91. The van der Waals surface area contributed by atoms with E-state index in [2.05, 4.69) is 35.3 Å². The van der Waals surface area contributed by atoms with Crippen LogP contribution in [-0.4, -0.2) is 37.2 Å². The quantitative estimate of drug-likeness (QED) is 0.893. The predicted octanol–water partition coefficient (Wildman–Crippen LogP) is 2.59. The van der Waals surface area contributed by atoms with Gasteiger partial charge >= 0.3 is 0 Å². The third-order valence-electron chi connectivity index (χ3n) is 4.48. The molecule has 3 heteroatoms. The molecule has 0 aromatic heterocycles. The maximum absolute atomic E-state index is 5.56. The van der Waals surface area contributed by atoms with E-state index < -0.39 is 0 Å². The highest BCUT2D eigenvalue weighted by atomic mass is 16.5. The standard InChI is InChI=1S/C17H26N2O/c1-2-8-19-9-5-16(6-10-19)18-13-14-3-4-17-15(12-14)7-11-20-17/h3-4,12,16,18H,2,5-11,13H2,1H3. The normalized spacial score (nSPS) is 19.9. The summed E-state index contributed by atoms with van der Waals surface area (Å²) in [7, 11) is 0. The van der Waals surface area contributed by atoms with Gasteiger partial charge < -0.3 is 15.0 Å². The average molecular weight is 274 g/mol. The average Bonchev–Trinajstić information content (AvgIpc) is 2.94. The first-order chi connectivity index (χ1) is 9.85. The Balaban J connectivity index is 1.46. The molecule has 0 spiro atoms. The van der Waals surface area contributed by atoms with Gasteiger partial charge in [0.15, 0.2) is 0 Å². The summed E-state index contributed by atoms with van der Waals surface area (Å²) in [6, 6.07) is 7.32. The lowest BCUT2D eigenvalue weighted by molar-refractivity contribution is 0.197. The fourth-order valence-electron chi connectivity index (χ4n) is 3.29. The number of likely N-dealkylation sites (tertiary alicyclic amines) is 1. The summed E-state index contributed by atoms with van der Waals surface area (Å²) < 4.78 is 5.56. The Morgan fingerprint density at radius 3 is 2.95 bits per heavy atom. The number of ether oxygens (including phenoxy) is 1. The molecule has 1 aromatic rings. The van der Waals surface area contributed by atoms with Gasteiger partial charge in [-0.15, -0.1) is 0 Å². The summed E-state index contributed by atoms with van der Waals surface area (Å²) in [5, 5.41) is 3.72. The van der Waals surface area contributed by atoms with Crippen LogP contribution in [0.1, 0.15) is 37.3 Å². The van der Waals surface area contributed by atoms with Gasteiger partial charge in [-0.25, -0.2) is 0 Å². The summed E-state index contributed by atoms with van der Waals surface area (Å²) in [5.74, 6) is 1.08. The molecule has 0 saturated carbocycles. The molecule has 0 atom stereocenters. The van der Waals surface area contributed by atoms with Crippen molar-refractivity contribution >= 4 is 0 Å². The van der Waals surface area contributed by atoms with Crippen molar-refractivity contribution in [3.63, 3.8) is 0 Å². The molecule has 1 saturated heterocycles. The van der Waals surface area contributed by atoms with Gasteiger partial charge in [0, 0.05) is 19.0 Å². The molecule has 0 amide bonds. The highest BCUT2D eigenvalue weighted by Gasteiger charge is 2.18. The molecule has 1 aromatic carbocycles. The van der Waals surface area contributed by atoms with Gasteiger partial charge in [0.2, 0.25) is 0 Å². The van der Waals surface area contributed by atoms with Crippen molar-refractivity contribution in [1.29, 1.82) is 0 Å². The molecule has 1 N–H and O–H groups in total. The van der Waals surface area contributed by atoms with Gasteiger partial charge in [0.25, 0.3) is 0 Å². The van der Waals surface area contributed by atoms with Crippen LogP contribution in [0.2, 0.25) is 0 Å². The van der Waals surface area contributed by atoms with Crippen molar-refractivity contribution in [2.24, 2.45) is 0 Å². The maximum Gasteiger partial charge on any atom is 0.122 e. The van der Waals surface area contributed by atoms with Gasteiger partial charge in [0.1, 0.15) is 5.75 Å². The number of hydrogen-bond acceptors (Lipinski definition) is 3. The van der Waals surface area contributed by atoms with Gasteiger partial charge in [-0.05, 0) is 56.1 Å². The van der Waals surface area contributed by atoms with E-state index in [-0.39, 0.29) is 0 Å². The zero-order valence-corrected chi connectivity index (χ0v) is 12.5. The SMILES string of the molecule is CCCN1CCC(NCc2ccc3c(c2)CCO3)CC1. The number of rotatable bonds is 5. The maximum atomic E-state index is 5.56. The minimum Gasteiger partial charge on any atom is -0.493 e. The monoisotopic (exact) mass is 274 g/mol. The van der Waals surface area contributed by atoms with E-state index in [0.29, 0.717) is 6.04 Å². The van der Waals surface area contributed by atoms with Crippen molar-refractivity contribution in [3.8, 4) is 5.75 Å². The molecule has 3 nitrogen and oxygen atoms in total.